The molecule has 0 atom stereocenters. The van der Waals surface area contributed by atoms with Crippen LogP contribution < -0.4 is 5.43 Å². The second kappa shape index (κ2) is 7.40. The summed E-state index contributed by atoms with van der Waals surface area (Å²) in [5.74, 6) is -2.62. The maximum absolute atomic E-state index is 14.7. The van der Waals surface area contributed by atoms with Crippen LogP contribution in [0.4, 0.5) is 4.39 Å². The first-order valence-corrected chi connectivity index (χ1v) is 9.03. The molecule has 0 saturated carbocycles. The first-order chi connectivity index (χ1) is 14.4. The molecular weight excluding hydrogens is 389 g/mol. The van der Waals surface area contributed by atoms with Crippen LogP contribution in [-0.2, 0) is 6.54 Å². The first-order valence-electron chi connectivity index (χ1n) is 9.03. The molecule has 2 aromatic heterocycles. The molecule has 0 saturated heterocycles. The molecule has 7 nitrogen and oxygen atoms in total. The van der Waals surface area contributed by atoms with E-state index in [1.165, 1.54) is 17.2 Å². The number of carbonyl (C=O) groups excluding carboxylic acids is 1. The summed E-state index contributed by atoms with van der Waals surface area (Å²) in [7, 11) is 1.66. The van der Waals surface area contributed by atoms with Crippen molar-refractivity contribution in [3.63, 3.8) is 0 Å². The predicted molar refractivity (Wildman–Crippen MR) is 109 cm³/mol. The van der Waals surface area contributed by atoms with Gasteiger partial charge in [-0.2, -0.15) is 0 Å². The summed E-state index contributed by atoms with van der Waals surface area (Å²) >= 11 is 0. The monoisotopic (exact) mass is 405 g/mol. The minimum Gasteiger partial charge on any atom is -0.477 e. The number of hydrogen-bond acceptors (Lipinski definition) is 4. The van der Waals surface area contributed by atoms with Gasteiger partial charge in [-0.15, -0.1) is 0 Å². The van der Waals surface area contributed by atoms with Crippen molar-refractivity contribution in [3.05, 3.63) is 87.6 Å². The Morgan fingerprint density at radius 3 is 2.63 bits per heavy atom. The molecule has 0 spiro atoms. The number of carboxylic acids is 1. The largest absolute Gasteiger partial charge is 0.477 e. The van der Waals surface area contributed by atoms with Gasteiger partial charge in [0.25, 0.3) is 5.91 Å². The molecule has 0 radical (unpaired) electrons. The van der Waals surface area contributed by atoms with Crippen molar-refractivity contribution in [2.24, 2.45) is 0 Å². The lowest BCUT2D eigenvalue weighted by Gasteiger charge is -2.17. The molecular formula is C22H16FN3O4. The predicted octanol–water partition coefficient (Wildman–Crippen LogP) is 3.19. The maximum Gasteiger partial charge on any atom is 0.341 e. The molecule has 150 valence electrons. The third kappa shape index (κ3) is 3.28. The lowest BCUT2D eigenvalue weighted by atomic mass is 10.1. The van der Waals surface area contributed by atoms with Crippen LogP contribution in [0.5, 0.6) is 0 Å². The summed E-state index contributed by atoms with van der Waals surface area (Å²) in [5, 5.41) is 9.02. The van der Waals surface area contributed by atoms with E-state index < -0.39 is 22.8 Å². The number of carbonyl (C=O) groups is 2. The number of aromatic nitrogens is 2. The second-order valence-corrected chi connectivity index (χ2v) is 6.89. The van der Waals surface area contributed by atoms with E-state index in [4.69, 9.17) is 5.11 Å². The Morgan fingerprint density at radius 2 is 1.93 bits per heavy atom. The number of nitrogens with zero attached hydrogens (tertiary/aromatic N) is 2. The molecule has 0 unspecified atom stereocenters. The highest BCUT2D eigenvalue weighted by Gasteiger charge is 2.19. The number of carboxylic acid groups (broad SMARTS) is 1. The highest BCUT2D eigenvalue weighted by molar-refractivity contribution is 6.06. The number of H-pyrrole nitrogens is 1. The zero-order valence-corrected chi connectivity index (χ0v) is 15.8. The van der Waals surface area contributed by atoms with E-state index in [1.54, 1.807) is 7.05 Å². The topological polar surface area (TPSA) is 103 Å². The number of benzene rings is 2. The number of aromatic amines is 1. The Hall–Kier alpha value is -4.07. The van der Waals surface area contributed by atoms with Crippen molar-refractivity contribution in [1.82, 2.24) is 14.9 Å². The Labute approximate surface area is 169 Å². The van der Waals surface area contributed by atoms with Gasteiger partial charge in [0.15, 0.2) is 0 Å². The number of pyridine rings is 2. The van der Waals surface area contributed by atoms with Crippen LogP contribution in [-0.4, -0.2) is 38.9 Å². The summed E-state index contributed by atoms with van der Waals surface area (Å²) in [6, 6.07) is 12.1. The number of nitrogens with one attached hydrogen (secondary N) is 1. The Balaban J connectivity index is 1.77. The number of fused-ring (bicyclic) bond motifs is 3. The van der Waals surface area contributed by atoms with E-state index in [0.717, 1.165) is 17.8 Å². The Kier molecular flexibility index (Phi) is 4.75. The number of amides is 1. The molecule has 0 bridgehead atoms. The van der Waals surface area contributed by atoms with Gasteiger partial charge in [-0.3, -0.25) is 14.6 Å². The van der Waals surface area contributed by atoms with Gasteiger partial charge in [0.05, 0.1) is 22.0 Å². The third-order valence-electron chi connectivity index (χ3n) is 4.84. The van der Waals surface area contributed by atoms with Crippen LogP contribution >= 0.6 is 0 Å². The minimum absolute atomic E-state index is 0.0802. The number of aromatic carboxylic acids is 1. The second-order valence-electron chi connectivity index (χ2n) is 6.89. The van der Waals surface area contributed by atoms with Crippen LogP contribution in [0.1, 0.15) is 26.3 Å². The molecule has 0 aliphatic carbocycles. The molecule has 1 amide bonds. The summed E-state index contributed by atoms with van der Waals surface area (Å²) in [6.45, 7) is 0.398. The molecule has 30 heavy (non-hydrogen) atoms. The van der Waals surface area contributed by atoms with Crippen molar-refractivity contribution >= 4 is 33.7 Å². The Morgan fingerprint density at radius 1 is 1.20 bits per heavy atom. The highest BCUT2D eigenvalue weighted by atomic mass is 19.1. The van der Waals surface area contributed by atoms with E-state index >= 15 is 0 Å². The third-order valence-corrected chi connectivity index (χ3v) is 4.84. The van der Waals surface area contributed by atoms with Gasteiger partial charge >= 0.3 is 5.97 Å². The summed E-state index contributed by atoms with van der Waals surface area (Å²) < 4.78 is 14.7. The molecule has 2 N–H and O–H groups in total. The summed E-state index contributed by atoms with van der Waals surface area (Å²) in [4.78, 5) is 44.7. The molecule has 0 fully saturated rings. The van der Waals surface area contributed by atoms with Crippen molar-refractivity contribution < 1.29 is 19.1 Å². The zero-order valence-electron chi connectivity index (χ0n) is 15.8. The quantitative estimate of drug-likeness (QED) is 0.508. The Bertz CT molecular complexity index is 1370. The van der Waals surface area contributed by atoms with Crippen LogP contribution in [0, 0.1) is 5.82 Å². The smallest absolute Gasteiger partial charge is 0.341 e. The lowest BCUT2D eigenvalue weighted by molar-refractivity contribution is 0.0694. The standard InChI is InChI=1S/C22H16FN3O4/c1-26(11-12-5-3-2-4-6-12)21(28)14-7-13-8-16(23)17-19(18(13)24-9-14)25-10-15(20(17)27)22(29)30/h2-10H,11H2,1H3,(H,25,27)(H,29,30). The first kappa shape index (κ1) is 19.3. The maximum atomic E-state index is 14.7. The van der Waals surface area contributed by atoms with Crippen LogP contribution in [0.25, 0.3) is 21.8 Å². The van der Waals surface area contributed by atoms with E-state index in [2.05, 4.69) is 9.97 Å². The van der Waals surface area contributed by atoms with Crippen LogP contribution in [0.3, 0.4) is 0 Å². The normalized spacial score (nSPS) is 11.0. The van der Waals surface area contributed by atoms with Gasteiger partial charge in [-0.05, 0) is 17.7 Å². The fourth-order valence-electron chi connectivity index (χ4n) is 3.38. The lowest BCUT2D eigenvalue weighted by Crippen LogP contribution is -2.26. The van der Waals surface area contributed by atoms with Crippen LogP contribution in [0.2, 0.25) is 0 Å². The van der Waals surface area contributed by atoms with Crippen molar-refractivity contribution in [2.45, 2.75) is 6.54 Å². The highest BCUT2D eigenvalue weighted by Crippen LogP contribution is 2.24. The van der Waals surface area contributed by atoms with E-state index in [0.29, 0.717) is 11.9 Å². The molecule has 8 heteroatoms. The molecule has 4 rings (SSSR count). The minimum atomic E-state index is -1.45. The van der Waals surface area contributed by atoms with Gasteiger partial charge in [-0.25, -0.2) is 9.18 Å². The number of rotatable bonds is 4. The van der Waals surface area contributed by atoms with Crippen molar-refractivity contribution in [1.29, 1.82) is 0 Å². The van der Waals surface area contributed by atoms with Gasteiger partial charge in [-0.1, -0.05) is 30.3 Å². The molecule has 2 heterocycles. The summed E-state index contributed by atoms with van der Waals surface area (Å²) in [5.41, 5.74) is 0.0877. The fourth-order valence-corrected chi connectivity index (χ4v) is 3.38. The van der Waals surface area contributed by atoms with E-state index in [9.17, 15) is 18.8 Å². The average Bonchev–Trinajstić information content (AvgIpc) is 2.73. The van der Waals surface area contributed by atoms with E-state index in [-0.39, 0.29) is 27.9 Å². The molecule has 0 aliphatic heterocycles. The van der Waals surface area contributed by atoms with E-state index in [1.807, 2.05) is 30.3 Å². The van der Waals surface area contributed by atoms with Gasteiger partial charge in [0, 0.05) is 31.4 Å². The SMILES string of the molecule is CN(Cc1ccccc1)C(=O)c1cnc2c(c1)cc(F)c1c(=O)c(C(=O)O)c[nH]c12. The number of hydrogen-bond donors (Lipinski definition) is 2. The zero-order chi connectivity index (χ0) is 21.4. The van der Waals surface area contributed by atoms with Crippen LogP contribution in [0.15, 0.2) is 59.7 Å². The summed E-state index contributed by atoms with van der Waals surface area (Å²) in [6.07, 6.45) is 2.37. The fraction of sp³-hybridized carbons (Fsp3) is 0.0909. The molecule has 2 aromatic carbocycles. The number of halogens is 1. The van der Waals surface area contributed by atoms with Crippen molar-refractivity contribution in [3.8, 4) is 0 Å². The van der Waals surface area contributed by atoms with Crippen molar-refractivity contribution in [2.75, 3.05) is 7.05 Å². The average molecular weight is 405 g/mol. The molecule has 0 aliphatic rings. The van der Waals surface area contributed by atoms with Gasteiger partial charge in [0.1, 0.15) is 11.4 Å². The molecule has 4 aromatic rings. The van der Waals surface area contributed by atoms with Gasteiger partial charge in [0.2, 0.25) is 5.43 Å². The van der Waals surface area contributed by atoms with Gasteiger partial charge < -0.3 is 15.0 Å².